The average Bonchev–Trinajstić information content (AvgIpc) is 3.03. The Hall–Kier alpha value is -2.89. The van der Waals surface area contributed by atoms with Gasteiger partial charge in [0.1, 0.15) is 0 Å². The van der Waals surface area contributed by atoms with Gasteiger partial charge in [0.25, 0.3) is 5.91 Å². The number of H-pyrrole nitrogens is 1. The van der Waals surface area contributed by atoms with E-state index in [2.05, 4.69) is 10.2 Å². The van der Waals surface area contributed by atoms with Crippen molar-refractivity contribution in [3.63, 3.8) is 0 Å². The van der Waals surface area contributed by atoms with Gasteiger partial charge in [-0.3, -0.25) is 9.89 Å². The molecule has 0 saturated heterocycles. The Bertz CT molecular complexity index is 876. The number of ether oxygens (including phenoxy) is 1. The van der Waals surface area contributed by atoms with Crippen molar-refractivity contribution in [2.24, 2.45) is 0 Å². The first kappa shape index (κ1) is 16.0. The van der Waals surface area contributed by atoms with Crippen molar-refractivity contribution in [2.75, 3.05) is 13.7 Å². The number of carbonyl (C=O) groups is 1. The number of benzene rings is 2. The Balaban J connectivity index is 1.86. The second-order valence-electron chi connectivity index (χ2n) is 5.41. The summed E-state index contributed by atoms with van der Waals surface area (Å²) in [6, 6.07) is 12.2. The third kappa shape index (κ3) is 2.95. The molecule has 5 nitrogen and oxygen atoms in total. The van der Waals surface area contributed by atoms with Crippen LogP contribution in [-0.2, 0) is 6.54 Å². The normalized spacial score (nSPS) is 10.8. The molecule has 1 amide bonds. The maximum atomic E-state index is 13.8. The monoisotopic (exact) mass is 327 g/mol. The van der Waals surface area contributed by atoms with E-state index in [0.717, 1.165) is 10.9 Å². The second kappa shape index (κ2) is 6.70. The van der Waals surface area contributed by atoms with Crippen molar-refractivity contribution < 1.29 is 13.9 Å². The van der Waals surface area contributed by atoms with Crippen LogP contribution in [0.15, 0.2) is 42.5 Å². The number of halogens is 1. The third-order valence-electron chi connectivity index (χ3n) is 3.93. The Morgan fingerprint density at radius 1 is 1.29 bits per heavy atom. The number of nitrogens with one attached hydrogen (secondary N) is 1. The SMILES string of the molecule is CCN(Cc1ccc(OC)c(F)c1)C(=O)c1n[nH]c2ccccc12. The molecule has 0 aliphatic carbocycles. The summed E-state index contributed by atoms with van der Waals surface area (Å²) >= 11 is 0. The molecule has 0 atom stereocenters. The van der Waals surface area contributed by atoms with Crippen molar-refractivity contribution in [1.82, 2.24) is 15.1 Å². The number of carbonyl (C=O) groups excluding carboxylic acids is 1. The van der Waals surface area contributed by atoms with E-state index < -0.39 is 5.82 Å². The van der Waals surface area contributed by atoms with Gasteiger partial charge < -0.3 is 9.64 Å². The molecule has 1 heterocycles. The Morgan fingerprint density at radius 2 is 2.08 bits per heavy atom. The Morgan fingerprint density at radius 3 is 2.79 bits per heavy atom. The Kier molecular flexibility index (Phi) is 4.46. The molecule has 0 spiro atoms. The summed E-state index contributed by atoms with van der Waals surface area (Å²) in [5, 5.41) is 7.78. The zero-order valence-electron chi connectivity index (χ0n) is 13.5. The van der Waals surface area contributed by atoms with Crippen LogP contribution >= 0.6 is 0 Å². The van der Waals surface area contributed by atoms with Crippen molar-refractivity contribution in [1.29, 1.82) is 0 Å². The first-order chi connectivity index (χ1) is 11.6. The lowest BCUT2D eigenvalue weighted by atomic mass is 10.1. The van der Waals surface area contributed by atoms with E-state index in [1.807, 2.05) is 31.2 Å². The standard InChI is InChI=1S/C18H18FN3O2/c1-3-22(11-12-8-9-16(24-2)14(19)10-12)18(23)17-13-6-4-5-7-15(13)20-21-17/h4-10H,3,11H2,1-2H3,(H,20,21). The van der Waals surface area contributed by atoms with E-state index in [9.17, 15) is 9.18 Å². The van der Waals surface area contributed by atoms with Crippen molar-refractivity contribution in [3.05, 3.63) is 59.5 Å². The number of aromatic nitrogens is 2. The highest BCUT2D eigenvalue weighted by Crippen LogP contribution is 2.21. The molecule has 3 aromatic rings. The lowest BCUT2D eigenvalue weighted by molar-refractivity contribution is 0.0748. The topological polar surface area (TPSA) is 58.2 Å². The largest absolute Gasteiger partial charge is 0.494 e. The Labute approximate surface area is 139 Å². The molecule has 0 unspecified atom stereocenters. The van der Waals surface area contributed by atoms with Crippen LogP contribution in [0.2, 0.25) is 0 Å². The summed E-state index contributed by atoms with van der Waals surface area (Å²) in [7, 11) is 1.42. The van der Waals surface area contributed by atoms with Crippen LogP contribution in [0, 0.1) is 5.82 Å². The summed E-state index contributed by atoms with van der Waals surface area (Å²) in [5.41, 5.74) is 1.89. The first-order valence-corrected chi connectivity index (χ1v) is 7.68. The van der Waals surface area contributed by atoms with Crippen molar-refractivity contribution in [3.8, 4) is 5.75 Å². The van der Waals surface area contributed by atoms with Gasteiger partial charge in [0.2, 0.25) is 0 Å². The first-order valence-electron chi connectivity index (χ1n) is 7.68. The van der Waals surface area contributed by atoms with Gasteiger partial charge in [-0.05, 0) is 30.7 Å². The van der Waals surface area contributed by atoms with Gasteiger partial charge in [-0.1, -0.05) is 24.3 Å². The van der Waals surface area contributed by atoms with Crippen molar-refractivity contribution in [2.45, 2.75) is 13.5 Å². The molecular formula is C18H18FN3O2. The molecular weight excluding hydrogens is 309 g/mol. The maximum absolute atomic E-state index is 13.8. The minimum atomic E-state index is -0.441. The highest BCUT2D eigenvalue weighted by atomic mass is 19.1. The quantitative estimate of drug-likeness (QED) is 0.781. The fraction of sp³-hybridized carbons (Fsp3) is 0.222. The van der Waals surface area contributed by atoms with Gasteiger partial charge >= 0.3 is 0 Å². The number of hydrogen-bond donors (Lipinski definition) is 1. The average molecular weight is 327 g/mol. The van der Waals surface area contributed by atoms with Crippen LogP contribution < -0.4 is 4.74 Å². The van der Waals surface area contributed by atoms with E-state index >= 15 is 0 Å². The molecule has 0 aliphatic heterocycles. The fourth-order valence-electron chi connectivity index (χ4n) is 2.63. The third-order valence-corrected chi connectivity index (χ3v) is 3.93. The lowest BCUT2D eigenvalue weighted by Crippen LogP contribution is -2.30. The predicted octanol–water partition coefficient (Wildman–Crippen LogP) is 3.37. The molecule has 124 valence electrons. The summed E-state index contributed by atoms with van der Waals surface area (Å²) < 4.78 is 18.8. The van der Waals surface area contributed by atoms with Crippen LogP contribution in [0.3, 0.4) is 0 Å². The van der Waals surface area contributed by atoms with Gasteiger partial charge in [-0.15, -0.1) is 0 Å². The van der Waals surface area contributed by atoms with E-state index in [4.69, 9.17) is 4.74 Å². The van der Waals surface area contributed by atoms with Gasteiger partial charge in [-0.2, -0.15) is 5.10 Å². The molecule has 0 fully saturated rings. The van der Waals surface area contributed by atoms with Crippen LogP contribution in [0.5, 0.6) is 5.75 Å². The number of hydrogen-bond acceptors (Lipinski definition) is 3. The molecule has 2 aromatic carbocycles. The number of rotatable bonds is 5. The van der Waals surface area contributed by atoms with Gasteiger partial charge in [0.15, 0.2) is 17.3 Å². The number of aromatic amines is 1. The molecule has 0 radical (unpaired) electrons. The zero-order chi connectivity index (χ0) is 17.1. The van der Waals surface area contributed by atoms with Crippen LogP contribution in [0.1, 0.15) is 23.0 Å². The van der Waals surface area contributed by atoms with E-state index in [1.54, 1.807) is 17.0 Å². The minimum Gasteiger partial charge on any atom is -0.494 e. The number of para-hydroxylation sites is 1. The van der Waals surface area contributed by atoms with Gasteiger partial charge in [0.05, 0.1) is 12.6 Å². The minimum absolute atomic E-state index is 0.187. The van der Waals surface area contributed by atoms with E-state index in [-0.39, 0.29) is 11.7 Å². The van der Waals surface area contributed by atoms with Crippen LogP contribution in [0.25, 0.3) is 10.9 Å². The number of amides is 1. The molecule has 6 heteroatoms. The number of fused-ring (bicyclic) bond motifs is 1. The summed E-state index contributed by atoms with van der Waals surface area (Å²) in [4.78, 5) is 14.4. The second-order valence-corrected chi connectivity index (χ2v) is 5.41. The summed E-state index contributed by atoms with van der Waals surface area (Å²) in [6.07, 6.45) is 0. The number of nitrogens with zero attached hydrogens (tertiary/aromatic N) is 2. The number of methoxy groups -OCH3 is 1. The molecule has 0 saturated carbocycles. The van der Waals surface area contributed by atoms with Crippen molar-refractivity contribution >= 4 is 16.8 Å². The molecule has 0 aliphatic rings. The molecule has 24 heavy (non-hydrogen) atoms. The highest BCUT2D eigenvalue weighted by Gasteiger charge is 2.20. The highest BCUT2D eigenvalue weighted by molar-refractivity contribution is 6.04. The summed E-state index contributed by atoms with van der Waals surface area (Å²) in [5.74, 6) is -0.443. The van der Waals surface area contributed by atoms with E-state index in [1.165, 1.54) is 13.2 Å². The van der Waals surface area contributed by atoms with Crippen LogP contribution in [0.4, 0.5) is 4.39 Å². The summed E-state index contributed by atoms with van der Waals surface area (Å²) in [6.45, 7) is 2.68. The molecule has 0 bridgehead atoms. The molecule has 1 N–H and O–H groups in total. The molecule has 1 aromatic heterocycles. The maximum Gasteiger partial charge on any atom is 0.275 e. The van der Waals surface area contributed by atoms with Crippen LogP contribution in [-0.4, -0.2) is 34.7 Å². The van der Waals surface area contributed by atoms with Gasteiger partial charge in [-0.25, -0.2) is 4.39 Å². The molecule has 3 rings (SSSR count). The smallest absolute Gasteiger partial charge is 0.275 e. The predicted molar refractivity (Wildman–Crippen MR) is 89.5 cm³/mol. The lowest BCUT2D eigenvalue weighted by Gasteiger charge is -2.20. The van der Waals surface area contributed by atoms with Gasteiger partial charge in [0, 0.05) is 18.5 Å². The fourth-order valence-corrected chi connectivity index (χ4v) is 2.63. The zero-order valence-corrected chi connectivity index (χ0v) is 13.5. The van der Waals surface area contributed by atoms with E-state index in [0.29, 0.717) is 24.3 Å².